The Balaban J connectivity index is 1.55. The second-order valence-corrected chi connectivity index (χ2v) is 9.89. The monoisotopic (exact) mass is 478 g/mol. The van der Waals surface area contributed by atoms with Crippen molar-refractivity contribution in [3.05, 3.63) is 93.2 Å². The number of carbonyl (C=O) groups excluding carboxylic acids is 1. The van der Waals surface area contributed by atoms with E-state index in [9.17, 15) is 17.6 Å². The fraction of sp³-hybridized carbons (Fsp3) is 0.136. The van der Waals surface area contributed by atoms with Crippen LogP contribution in [-0.4, -0.2) is 25.2 Å². The van der Waals surface area contributed by atoms with Crippen molar-refractivity contribution in [1.29, 1.82) is 0 Å². The molecular formula is C22H17Cl2FN2O3S. The predicted octanol–water partition coefficient (Wildman–Crippen LogP) is 5.13. The molecule has 1 amide bonds. The van der Waals surface area contributed by atoms with Gasteiger partial charge in [0.1, 0.15) is 5.82 Å². The van der Waals surface area contributed by atoms with E-state index >= 15 is 0 Å². The maximum absolute atomic E-state index is 13.2. The predicted molar refractivity (Wildman–Crippen MR) is 119 cm³/mol. The van der Waals surface area contributed by atoms with Gasteiger partial charge in [0.25, 0.3) is 5.91 Å². The lowest BCUT2D eigenvalue weighted by Gasteiger charge is -2.28. The van der Waals surface area contributed by atoms with Crippen molar-refractivity contribution in [1.82, 2.24) is 4.31 Å². The Morgan fingerprint density at radius 1 is 0.968 bits per heavy atom. The molecular weight excluding hydrogens is 462 g/mol. The third-order valence-electron chi connectivity index (χ3n) is 5.07. The van der Waals surface area contributed by atoms with Crippen LogP contribution in [0.15, 0.2) is 65.6 Å². The van der Waals surface area contributed by atoms with Gasteiger partial charge in [0.05, 0.1) is 15.5 Å². The molecule has 0 fully saturated rings. The smallest absolute Gasteiger partial charge is 0.257 e. The molecule has 31 heavy (non-hydrogen) atoms. The lowest BCUT2D eigenvalue weighted by molar-refractivity contribution is 0.102. The van der Waals surface area contributed by atoms with E-state index in [0.29, 0.717) is 23.7 Å². The molecule has 3 aromatic carbocycles. The van der Waals surface area contributed by atoms with Crippen molar-refractivity contribution in [2.45, 2.75) is 17.9 Å². The van der Waals surface area contributed by atoms with Gasteiger partial charge in [-0.25, -0.2) is 12.8 Å². The number of fused-ring (bicyclic) bond motifs is 1. The molecule has 4 rings (SSSR count). The third-order valence-corrected chi connectivity index (χ3v) is 7.48. The molecule has 0 aromatic heterocycles. The van der Waals surface area contributed by atoms with E-state index in [-0.39, 0.29) is 22.0 Å². The summed E-state index contributed by atoms with van der Waals surface area (Å²) in [5.41, 5.74) is 2.60. The van der Waals surface area contributed by atoms with Crippen LogP contribution in [0.3, 0.4) is 0 Å². The van der Waals surface area contributed by atoms with Gasteiger partial charge in [0.15, 0.2) is 0 Å². The highest BCUT2D eigenvalue weighted by Gasteiger charge is 2.28. The Morgan fingerprint density at radius 3 is 2.42 bits per heavy atom. The van der Waals surface area contributed by atoms with Crippen LogP contribution in [0.4, 0.5) is 10.1 Å². The summed E-state index contributed by atoms with van der Waals surface area (Å²) in [6.45, 7) is 0.471. The Labute approximate surface area is 189 Å². The number of rotatable bonds is 4. The molecule has 0 aliphatic carbocycles. The van der Waals surface area contributed by atoms with Gasteiger partial charge in [0, 0.05) is 23.8 Å². The van der Waals surface area contributed by atoms with Crippen molar-refractivity contribution in [2.24, 2.45) is 0 Å². The van der Waals surface area contributed by atoms with Crippen LogP contribution in [0.5, 0.6) is 0 Å². The molecule has 0 atom stereocenters. The molecule has 0 saturated heterocycles. The fourth-order valence-electron chi connectivity index (χ4n) is 3.44. The summed E-state index contributed by atoms with van der Waals surface area (Å²) in [6.07, 6.45) is 0.535. The zero-order valence-corrected chi connectivity index (χ0v) is 18.4. The zero-order chi connectivity index (χ0) is 22.2. The van der Waals surface area contributed by atoms with Crippen LogP contribution in [0, 0.1) is 5.82 Å². The van der Waals surface area contributed by atoms with E-state index in [1.54, 1.807) is 18.2 Å². The van der Waals surface area contributed by atoms with E-state index in [1.165, 1.54) is 28.6 Å². The number of hydrogen-bond donors (Lipinski definition) is 1. The molecule has 0 unspecified atom stereocenters. The molecule has 0 bridgehead atoms. The lowest BCUT2D eigenvalue weighted by atomic mass is 10.0. The SMILES string of the molecule is O=C(Nc1ccc2c(c1)CN(S(=O)(=O)c1ccc(F)cc1)CC2)c1ccc(Cl)cc1Cl. The Bertz CT molecular complexity index is 1260. The number of anilines is 1. The molecule has 1 N–H and O–H groups in total. The topological polar surface area (TPSA) is 66.5 Å². The first-order valence-electron chi connectivity index (χ1n) is 9.38. The molecule has 0 spiro atoms. The highest BCUT2D eigenvalue weighted by molar-refractivity contribution is 7.89. The van der Waals surface area contributed by atoms with Crippen molar-refractivity contribution in [2.75, 3.05) is 11.9 Å². The van der Waals surface area contributed by atoms with Crippen LogP contribution in [0.2, 0.25) is 10.0 Å². The van der Waals surface area contributed by atoms with Crippen molar-refractivity contribution >= 4 is 44.8 Å². The maximum atomic E-state index is 13.2. The minimum absolute atomic E-state index is 0.0409. The van der Waals surface area contributed by atoms with Crippen LogP contribution in [0.1, 0.15) is 21.5 Å². The Morgan fingerprint density at radius 2 is 1.71 bits per heavy atom. The van der Waals surface area contributed by atoms with Gasteiger partial charge >= 0.3 is 0 Å². The van der Waals surface area contributed by atoms with Gasteiger partial charge in [-0.05, 0) is 72.1 Å². The summed E-state index contributed by atoms with van der Waals surface area (Å²) in [6, 6.07) is 14.8. The third kappa shape index (κ3) is 4.60. The average Bonchev–Trinajstić information content (AvgIpc) is 2.73. The number of carbonyl (C=O) groups is 1. The van der Waals surface area contributed by atoms with Crippen LogP contribution >= 0.6 is 23.2 Å². The van der Waals surface area contributed by atoms with Gasteiger partial charge < -0.3 is 5.32 Å². The fourth-order valence-corrected chi connectivity index (χ4v) is 5.35. The lowest BCUT2D eigenvalue weighted by Crippen LogP contribution is -2.36. The molecule has 0 radical (unpaired) electrons. The second kappa shape index (κ2) is 8.59. The molecule has 1 aliphatic rings. The number of nitrogens with zero attached hydrogens (tertiary/aromatic N) is 1. The Hall–Kier alpha value is -2.45. The van der Waals surface area contributed by atoms with Gasteiger partial charge in [0.2, 0.25) is 10.0 Å². The minimum atomic E-state index is -3.76. The van der Waals surface area contributed by atoms with E-state index < -0.39 is 21.7 Å². The maximum Gasteiger partial charge on any atom is 0.257 e. The molecule has 3 aromatic rings. The largest absolute Gasteiger partial charge is 0.322 e. The standard InChI is InChI=1S/C22H17Cl2FN2O3S/c23-16-2-8-20(21(24)12-16)22(28)26-18-5-1-14-9-10-27(13-15(14)11-18)31(29,30)19-6-3-17(25)4-7-19/h1-8,11-12H,9-10,13H2,(H,26,28). The van der Waals surface area contributed by atoms with E-state index in [2.05, 4.69) is 5.32 Å². The summed E-state index contributed by atoms with van der Waals surface area (Å²) >= 11 is 12.0. The number of sulfonamides is 1. The highest BCUT2D eigenvalue weighted by Crippen LogP contribution is 2.28. The van der Waals surface area contributed by atoms with Crippen LogP contribution in [-0.2, 0) is 23.0 Å². The van der Waals surface area contributed by atoms with Gasteiger partial charge in [-0.3, -0.25) is 4.79 Å². The summed E-state index contributed by atoms with van der Waals surface area (Å²) < 4.78 is 40.4. The number of nitrogens with one attached hydrogen (secondary N) is 1. The molecule has 5 nitrogen and oxygen atoms in total. The Kier molecular flexibility index (Phi) is 6.03. The molecule has 1 aliphatic heterocycles. The van der Waals surface area contributed by atoms with E-state index in [4.69, 9.17) is 23.2 Å². The first-order chi connectivity index (χ1) is 14.7. The zero-order valence-electron chi connectivity index (χ0n) is 16.1. The van der Waals surface area contributed by atoms with Gasteiger partial charge in [-0.2, -0.15) is 4.31 Å². The summed E-state index contributed by atoms with van der Waals surface area (Å²) in [5.74, 6) is -0.891. The summed E-state index contributed by atoms with van der Waals surface area (Å²) in [5, 5.41) is 3.45. The van der Waals surface area contributed by atoms with E-state index in [1.807, 2.05) is 6.07 Å². The number of hydrogen-bond acceptors (Lipinski definition) is 3. The van der Waals surface area contributed by atoms with Crippen molar-refractivity contribution in [3.63, 3.8) is 0 Å². The molecule has 1 heterocycles. The molecule has 9 heteroatoms. The average molecular weight is 479 g/mol. The first kappa shape index (κ1) is 21.8. The number of benzene rings is 3. The highest BCUT2D eigenvalue weighted by atomic mass is 35.5. The van der Waals surface area contributed by atoms with Crippen molar-refractivity contribution < 1.29 is 17.6 Å². The van der Waals surface area contributed by atoms with Crippen LogP contribution in [0.25, 0.3) is 0 Å². The van der Waals surface area contributed by atoms with E-state index in [0.717, 1.165) is 23.3 Å². The number of amides is 1. The first-order valence-corrected chi connectivity index (χ1v) is 11.6. The minimum Gasteiger partial charge on any atom is -0.322 e. The molecule has 160 valence electrons. The summed E-state index contributed by atoms with van der Waals surface area (Å²) in [4.78, 5) is 12.6. The van der Waals surface area contributed by atoms with Crippen LogP contribution < -0.4 is 5.32 Å². The van der Waals surface area contributed by atoms with Gasteiger partial charge in [-0.1, -0.05) is 29.3 Å². The summed E-state index contributed by atoms with van der Waals surface area (Å²) in [7, 11) is -3.76. The molecule has 0 saturated carbocycles. The second-order valence-electron chi connectivity index (χ2n) is 7.10. The van der Waals surface area contributed by atoms with Crippen molar-refractivity contribution in [3.8, 4) is 0 Å². The normalized spacial score (nSPS) is 14.2. The van der Waals surface area contributed by atoms with Gasteiger partial charge in [-0.15, -0.1) is 0 Å². The quantitative estimate of drug-likeness (QED) is 0.564. The number of halogens is 3.